The van der Waals surface area contributed by atoms with E-state index in [1.165, 1.54) is 28.4 Å². The molecule has 1 heterocycles. The molecule has 0 spiro atoms. The first-order valence-corrected chi connectivity index (χ1v) is 10.9. The molecule has 154 valence electrons. The molecule has 28 heavy (non-hydrogen) atoms. The number of hydrogen-bond donors (Lipinski definition) is 0. The second-order valence-electron chi connectivity index (χ2n) is 7.76. The molecule has 2 rings (SSSR count). The van der Waals surface area contributed by atoms with E-state index in [2.05, 4.69) is 0 Å². The summed E-state index contributed by atoms with van der Waals surface area (Å²) in [5, 5.41) is 8.85. The average molecular weight is 408 g/mol. The summed E-state index contributed by atoms with van der Waals surface area (Å²) in [5.74, 6) is 0.428. The molecule has 7 nitrogen and oxygen atoms in total. The van der Waals surface area contributed by atoms with Crippen molar-refractivity contribution in [2.75, 3.05) is 27.2 Å². The maximum atomic E-state index is 13.3. The zero-order valence-electron chi connectivity index (χ0n) is 17.2. The van der Waals surface area contributed by atoms with Crippen LogP contribution < -0.4 is 4.74 Å². The van der Waals surface area contributed by atoms with Crippen LogP contribution in [0.3, 0.4) is 0 Å². The first-order valence-electron chi connectivity index (χ1n) is 9.44. The molecule has 0 N–H and O–H groups in total. The lowest BCUT2D eigenvalue weighted by Gasteiger charge is -2.34. The van der Waals surface area contributed by atoms with Gasteiger partial charge >= 0.3 is 0 Å². The van der Waals surface area contributed by atoms with E-state index in [0.717, 1.165) is 6.42 Å². The van der Waals surface area contributed by atoms with Gasteiger partial charge in [0, 0.05) is 31.7 Å². The van der Waals surface area contributed by atoms with Crippen molar-refractivity contribution in [2.24, 2.45) is 11.8 Å². The fourth-order valence-electron chi connectivity index (χ4n) is 3.63. The van der Waals surface area contributed by atoms with Gasteiger partial charge in [0.1, 0.15) is 10.6 Å². The summed E-state index contributed by atoms with van der Waals surface area (Å²) in [7, 11) is -0.775. The number of carbonyl (C=O) groups excluding carboxylic acids is 1. The lowest BCUT2D eigenvalue weighted by atomic mass is 9.94. The summed E-state index contributed by atoms with van der Waals surface area (Å²) in [5.41, 5.74) is 0.254. The predicted molar refractivity (Wildman–Crippen MR) is 106 cm³/mol. The SMILES string of the molecule is COc1ccc(C(=O)N(C)C(C)CC#N)cc1S(=O)(=O)N1CC(C)CC(C)C1. The Morgan fingerprint density at radius 2 is 1.96 bits per heavy atom. The third-order valence-corrected chi connectivity index (χ3v) is 7.08. The Balaban J connectivity index is 2.42. The zero-order chi connectivity index (χ0) is 21.1. The summed E-state index contributed by atoms with van der Waals surface area (Å²) < 4.78 is 33.4. The number of amides is 1. The monoisotopic (exact) mass is 407 g/mol. The number of nitrogens with zero attached hydrogens (tertiary/aromatic N) is 3. The standard InChI is InChI=1S/C20H29N3O4S/c1-14-10-15(2)13-23(12-14)28(25,26)19-11-17(6-7-18(19)27-5)20(24)22(4)16(3)8-9-21/h6-7,11,14-16H,8,10,12-13H2,1-5H3. The molecule has 1 amide bonds. The van der Waals surface area contributed by atoms with Gasteiger partial charge in [-0.2, -0.15) is 9.57 Å². The number of hydrogen-bond acceptors (Lipinski definition) is 5. The Hall–Kier alpha value is -2.11. The normalized spacial score (nSPS) is 21.6. The van der Waals surface area contributed by atoms with Crippen LogP contribution in [-0.4, -0.2) is 56.8 Å². The third-order valence-electron chi connectivity index (χ3n) is 5.23. The van der Waals surface area contributed by atoms with Crippen molar-refractivity contribution < 1.29 is 17.9 Å². The molecule has 1 aromatic carbocycles. The van der Waals surface area contributed by atoms with Crippen LogP contribution in [0.25, 0.3) is 0 Å². The van der Waals surface area contributed by atoms with Crippen molar-refractivity contribution in [3.8, 4) is 11.8 Å². The molecule has 1 aliphatic rings. The number of carbonyl (C=O) groups is 1. The van der Waals surface area contributed by atoms with Gasteiger partial charge in [-0.05, 0) is 43.4 Å². The van der Waals surface area contributed by atoms with Gasteiger partial charge in [0.2, 0.25) is 10.0 Å². The van der Waals surface area contributed by atoms with Crippen molar-refractivity contribution in [1.29, 1.82) is 5.26 Å². The molecule has 1 fully saturated rings. The molecule has 1 aromatic rings. The van der Waals surface area contributed by atoms with Gasteiger partial charge in [-0.25, -0.2) is 8.42 Å². The molecule has 0 aliphatic carbocycles. The number of methoxy groups -OCH3 is 1. The van der Waals surface area contributed by atoms with E-state index < -0.39 is 10.0 Å². The van der Waals surface area contributed by atoms with Crippen LogP contribution >= 0.6 is 0 Å². The van der Waals surface area contributed by atoms with E-state index in [1.54, 1.807) is 20.0 Å². The Kier molecular flexibility index (Phi) is 7.07. The molecule has 0 radical (unpaired) electrons. The van der Waals surface area contributed by atoms with Gasteiger partial charge in [0.05, 0.1) is 19.6 Å². The van der Waals surface area contributed by atoms with Crippen LogP contribution in [0.1, 0.15) is 44.0 Å². The van der Waals surface area contributed by atoms with Crippen molar-refractivity contribution >= 4 is 15.9 Å². The quantitative estimate of drug-likeness (QED) is 0.723. The fraction of sp³-hybridized carbons (Fsp3) is 0.600. The van der Waals surface area contributed by atoms with Gasteiger partial charge in [-0.3, -0.25) is 4.79 Å². The van der Waals surface area contributed by atoms with Crippen LogP contribution in [0.2, 0.25) is 0 Å². The molecule has 3 unspecified atom stereocenters. The average Bonchev–Trinajstić information content (AvgIpc) is 2.65. The zero-order valence-corrected chi connectivity index (χ0v) is 18.0. The minimum atomic E-state index is -3.80. The number of nitriles is 1. The second kappa shape index (κ2) is 8.93. The second-order valence-corrected chi connectivity index (χ2v) is 9.67. The van der Waals surface area contributed by atoms with E-state index in [9.17, 15) is 13.2 Å². The highest BCUT2D eigenvalue weighted by Gasteiger charge is 2.34. The lowest BCUT2D eigenvalue weighted by Crippen LogP contribution is -2.42. The van der Waals surface area contributed by atoms with Crippen LogP contribution in [0.15, 0.2) is 23.1 Å². The van der Waals surface area contributed by atoms with Crippen LogP contribution in [0.5, 0.6) is 5.75 Å². The van der Waals surface area contributed by atoms with Gasteiger partial charge in [-0.1, -0.05) is 13.8 Å². The van der Waals surface area contributed by atoms with Crippen molar-refractivity contribution in [2.45, 2.75) is 44.6 Å². The molecule has 1 saturated heterocycles. The lowest BCUT2D eigenvalue weighted by molar-refractivity contribution is 0.0746. The predicted octanol–water partition coefficient (Wildman–Crippen LogP) is 2.74. The van der Waals surface area contributed by atoms with E-state index in [1.807, 2.05) is 19.9 Å². The first-order chi connectivity index (χ1) is 13.1. The minimum Gasteiger partial charge on any atom is -0.495 e. The molecule has 8 heteroatoms. The van der Waals surface area contributed by atoms with E-state index in [4.69, 9.17) is 10.00 Å². The molecule has 0 aromatic heterocycles. The van der Waals surface area contributed by atoms with Crippen molar-refractivity contribution in [1.82, 2.24) is 9.21 Å². The molecule has 0 bridgehead atoms. The highest BCUT2D eigenvalue weighted by molar-refractivity contribution is 7.89. The highest BCUT2D eigenvalue weighted by Crippen LogP contribution is 2.32. The van der Waals surface area contributed by atoms with E-state index in [-0.39, 0.29) is 46.4 Å². The van der Waals surface area contributed by atoms with E-state index >= 15 is 0 Å². The number of benzene rings is 1. The maximum Gasteiger partial charge on any atom is 0.253 e. The molecule has 3 atom stereocenters. The fourth-order valence-corrected chi connectivity index (χ4v) is 5.49. The Labute approximate surface area is 167 Å². The van der Waals surface area contributed by atoms with Crippen molar-refractivity contribution in [3.63, 3.8) is 0 Å². The van der Waals surface area contributed by atoms with Gasteiger partial charge in [0.25, 0.3) is 5.91 Å². The Morgan fingerprint density at radius 3 is 2.50 bits per heavy atom. The summed E-state index contributed by atoms with van der Waals surface area (Å²) in [4.78, 5) is 14.2. The summed E-state index contributed by atoms with van der Waals surface area (Å²) in [6.45, 7) is 6.76. The van der Waals surface area contributed by atoms with Gasteiger partial charge in [-0.15, -0.1) is 0 Å². The number of ether oxygens (including phenoxy) is 1. The number of sulfonamides is 1. The number of piperidine rings is 1. The molecule has 0 saturated carbocycles. The number of rotatable bonds is 6. The summed E-state index contributed by atoms with van der Waals surface area (Å²) in [6.07, 6.45) is 1.19. The van der Waals surface area contributed by atoms with Crippen LogP contribution in [-0.2, 0) is 10.0 Å². The Bertz CT molecular complexity index is 853. The highest BCUT2D eigenvalue weighted by atomic mass is 32.2. The third kappa shape index (κ3) is 4.65. The largest absolute Gasteiger partial charge is 0.495 e. The van der Waals surface area contributed by atoms with Gasteiger partial charge < -0.3 is 9.64 Å². The first kappa shape index (κ1) is 22.2. The van der Waals surface area contributed by atoms with Crippen molar-refractivity contribution in [3.05, 3.63) is 23.8 Å². The van der Waals surface area contributed by atoms with E-state index in [0.29, 0.717) is 13.1 Å². The van der Waals surface area contributed by atoms with Crippen LogP contribution in [0, 0.1) is 23.2 Å². The minimum absolute atomic E-state index is 0.00323. The maximum absolute atomic E-state index is 13.3. The Morgan fingerprint density at radius 1 is 1.36 bits per heavy atom. The topological polar surface area (TPSA) is 90.7 Å². The molecule has 1 aliphatic heterocycles. The van der Waals surface area contributed by atoms with Gasteiger partial charge in [0.15, 0.2) is 0 Å². The molecular formula is C20H29N3O4S. The van der Waals surface area contributed by atoms with Crippen LogP contribution in [0.4, 0.5) is 0 Å². The molecular weight excluding hydrogens is 378 g/mol. The smallest absolute Gasteiger partial charge is 0.253 e. The summed E-state index contributed by atoms with van der Waals surface area (Å²) >= 11 is 0. The summed E-state index contributed by atoms with van der Waals surface area (Å²) in [6, 6.07) is 6.22.